The molecule has 0 aromatic heterocycles. The third-order valence-corrected chi connectivity index (χ3v) is 7.30. The summed E-state index contributed by atoms with van der Waals surface area (Å²) in [6, 6.07) is 15.7. The number of rotatable bonds is 18. The van der Waals surface area contributed by atoms with Crippen LogP contribution in [0, 0.1) is 6.92 Å². The van der Waals surface area contributed by atoms with Crippen LogP contribution in [0.3, 0.4) is 0 Å². The molecule has 0 fully saturated rings. The highest BCUT2D eigenvalue weighted by molar-refractivity contribution is 5.92. The number of hydrogen-bond donors (Lipinski definition) is 2. The largest absolute Gasteiger partial charge is 0.444 e. The number of nitrogens with one attached hydrogen (secondary N) is 2. The van der Waals surface area contributed by atoms with Gasteiger partial charge in [0.05, 0.1) is 0 Å². The van der Waals surface area contributed by atoms with Gasteiger partial charge in [-0.1, -0.05) is 119 Å². The maximum atomic E-state index is 14.6. The first-order valence-corrected chi connectivity index (χ1v) is 16.2. The number of carbonyl (C=O) groups is 3. The highest BCUT2D eigenvalue weighted by atomic mass is 16.6. The molecule has 0 aliphatic carbocycles. The molecule has 2 aromatic rings. The summed E-state index contributed by atoms with van der Waals surface area (Å²) in [5, 5.41) is 5.96. The summed E-state index contributed by atoms with van der Waals surface area (Å²) in [5.41, 5.74) is 1.97. The molecule has 7 nitrogen and oxygen atoms in total. The van der Waals surface area contributed by atoms with Crippen molar-refractivity contribution in [1.29, 1.82) is 0 Å². The number of hydrogen-bond acceptors (Lipinski definition) is 4. The minimum atomic E-state index is -0.905. The SMILES string of the molecule is CCCCCCCCN(C(=O)C(Cc1ccccc1)NC(=O)OC(C)(C)C)C(C(=O)NCCCCC)c1cccc(C)c1. The highest BCUT2D eigenvalue weighted by Gasteiger charge is 2.36. The molecular formula is C36H55N3O4. The van der Waals surface area contributed by atoms with Gasteiger partial charge in [0.2, 0.25) is 11.8 Å². The van der Waals surface area contributed by atoms with E-state index in [9.17, 15) is 14.4 Å². The molecule has 2 aromatic carbocycles. The standard InChI is InChI=1S/C36H55N3O4/c1-7-9-11-12-13-18-25-39(32(30-23-19-20-28(3)26-30)33(40)37-24-17-10-8-2)34(41)31(27-29-21-15-14-16-22-29)38-35(42)43-36(4,5)6/h14-16,19-23,26,31-32H,7-13,17-18,24-25,27H2,1-6H3,(H,37,40)(H,38,42). The van der Waals surface area contributed by atoms with E-state index in [0.717, 1.165) is 68.1 Å². The van der Waals surface area contributed by atoms with Gasteiger partial charge in [0.25, 0.3) is 0 Å². The summed E-state index contributed by atoms with van der Waals surface area (Å²) in [4.78, 5) is 43.2. The zero-order valence-corrected chi connectivity index (χ0v) is 27.4. The van der Waals surface area contributed by atoms with Crippen LogP contribution in [0.2, 0.25) is 0 Å². The van der Waals surface area contributed by atoms with E-state index in [0.29, 0.717) is 13.1 Å². The molecule has 0 saturated carbocycles. The van der Waals surface area contributed by atoms with E-state index >= 15 is 0 Å². The van der Waals surface area contributed by atoms with Crippen molar-refractivity contribution in [2.24, 2.45) is 0 Å². The second-order valence-corrected chi connectivity index (χ2v) is 12.5. The third-order valence-electron chi connectivity index (χ3n) is 7.30. The van der Waals surface area contributed by atoms with Crippen molar-refractivity contribution in [3.63, 3.8) is 0 Å². The van der Waals surface area contributed by atoms with Crippen LogP contribution in [0.25, 0.3) is 0 Å². The smallest absolute Gasteiger partial charge is 0.408 e. The van der Waals surface area contributed by atoms with Crippen molar-refractivity contribution in [2.45, 2.75) is 123 Å². The van der Waals surface area contributed by atoms with Crippen molar-refractivity contribution in [3.8, 4) is 0 Å². The van der Waals surface area contributed by atoms with Gasteiger partial charge < -0.3 is 20.3 Å². The molecule has 0 aliphatic heterocycles. The van der Waals surface area contributed by atoms with Crippen LogP contribution in [-0.2, 0) is 20.7 Å². The number of nitrogens with zero attached hydrogens (tertiary/aromatic N) is 1. The van der Waals surface area contributed by atoms with Crippen molar-refractivity contribution < 1.29 is 19.1 Å². The Bertz CT molecular complexity index is 1110. The lowest BCUT2D eigenvalue weighted by Gasteiger charge is -2.35. The van der Waals surface area contributed by atoms with Crippen LogP contribution >= 0.6 is 0 Å². The predicted octanol–water partition coefficient (Wildman–Crippen LogP) is 7.67. The summed E-state index contributed by atoms with van der Waals surface area (Å²) in [5.74, 6) is -0.491. The van der Waals surface area contributed by atoms with E-state index in [1.165, 1.54) is 6.42 Å². The number of amides is 3. The molecule has 0 heterocycles. The lowest BCUT2D eigenvalue weighted by molar-refractivity contribution is -0.142. The minimum absolute atomic E-state index is 0.197. The lowest BCUT2D eigenvalue weighted by Crippen LogP contribution is -2.54. The average Bonchev–Trinajstić information content (AvgIpc) is 2.95. The van der Waals surface area contributed by atoms with Gasteiger partial charge >= 0.3 is 6.09 Å². The Morgan fingerprint density at radius 3 is 2.14 bits per heavy atom. The van der Waals surface area contributed by atoms with Crippen LogP contribution in [0.4, 0.5) is 4.79 Å². The predicted molar refractivity (Wildman–Crippen MR) is 175 cm³/mol. The Kier molecular flexibility index (Phi) is 15.9. The molecule has 2 atom stereocenters. The zero-order chi connectivity index (χ0) is 31.7. The molecule has 3 amide bonds. The van der Waals surface area contributed by atoms with Crippen molar-refractivity contribution >= 4 is 17.9 Å². The Labute approximate surface area is 260 Å². The van der Waals surface area contributed by atoms with Gasteiger partial charge in [0.1, 0.15) is 17.7 Å². The van der Waals surface area contributed by atoms with Gasteiger partial charge in [0, 0.05) is 19.5 Å². The molecule has 238 valence electrons. The fraction of sp³-hybridized carbons (Fsp3) is 0.583. The number of unbranched alkanes of at least 4 members (excludes halogenated alkanes) is 7. The molecule has 7 heteroatoms. The molecule has 0 spiro atoms. The molecule has 2 rings (SSSR count). The number of aryl methyl sites for hydroxylation is 1. The fourth-order valence-corrected chi connectivity index (χ4v) is 5.13. The van der Waals surface area contributed by atoms with E-state index in [-0.39, 0.29) is 18.2 Å². The summed E-state index contributed by atoms with van der Waals surface area (Å²) in [6.07, 6.45) is 8.90. The van der Waals surface area contributed by atoms with Crippen molar-refractivity contribution in [3.05, 3.63) is 71.3 Å². The molecule has 0 saturated heterocycles. The monoisotopic (exact) mass is 593 g/mol. The van der Waals surface area contributed by atoms with Crippen LogP contribution in [0.1, 0.15) is 115 Å². The van der Waals surface area contributed by atoms with Crippen molar-refractivity contribution in [2.75, 3.05) is 13.1 Å². The maximum absolute atomic E-state index is 14.6. The van der Waals surface area contributed by atoms with E-state index < -0.39 is 23.8 Å². The van der Waals surface area contributed by atoms with Gasteiger partial charge in [-0.15, -0.1) is 0 Å². The zero-order valence-electron chi connectivity index (χ0n) is 27.4. The number of carbonyl (C=O) groups excluding carboxylic acids is 3. The second kappa shape index (κ2) is 19.0. The van der Waals surface area contributed by atoms with Crippen LogP contribution in [0.15, 0.2) is 54.6 Å². The first-order chi connectivity index (χ1) is 20.6. The summed E-state index contributed by atoms with van der Waals surface area (Å²) in [6.45, 7) is 12.7. The van der Waals surface area contributed by atoms with Crippen LogP contribution in [0.5, 0.6) is 0 Å². The molecule has 43 heavy (non-hydrogen) atoms. The van der Waals surface area contributed by atoms with E-state index in [1.54, 1.807) is 25.7 Å². The average molecular weight is 594 g/mol. The van der Waals surface area contributed by atoms with Gasteiger partial charge in [-0.3, -0.25) is 9.59 Å². The molecule has 2 N–H and O–H groups in total. The van der Waals surface area contributed by atoms with E-state index in [1.807, 2.05) is 61.5 Å². The van der Waals surface area contributed by atoms with Gasteiger partial charge in [-0.25, -0.2) is 4.79 Å². The summed E-state index contributed by atoms with van der Waals surface area (Å²) >= 11 is 0. The quantitative estimate of drug-likeness (QED) is 0.174. The first kappa shape index (κ1) is 35.8. The number of ether oxygens (including phenoxy) is 1. The Morgan fingerprint density at radius 1 is 0.837 bits per heavy atom. The lowest BCUT2D eigenvalue weighted by atomic mass is 9.98. The maximum Gasteiger partial charge on any atom is 0.408 e. The molecule has 0 bridgehead atoms. The summed E-state index contributed by atoms with van der Waals surface area (Å²) in [7, 11) is 0. The second-order valence-electron chi connectivity index (χ2n) is 12.5. The highest BCUT2D eigenvalue weighted by Crippen LogP contribution is 2.25. The fourth-order valence-electron chi connectivity index (χ4n) is 5.13. The van der Waals surface area contributed by atoms with E-state index in [4.69, 9.17) is 4.74 Å². The van der Waals surface area contributed by atoms with E-state index in [2.05, 4.69) is 24.5 Å². The van der Waals surface area contributed by atoms with Crippen molar-refractivity contribution in [1.82, 2.24) is 15.5 Å². The topological polar surface area (TPSA) is 87.7 Å². The van der Waals surface area contributed by atoms with Gasteiger partial charge in [-0.2, -0.15) is 0 Å². The van der Waals surface area contributed by atoms with Crippen LogP contribution < -0.4 is 10.6 Å². The Balaban J connectivity index is 2.48. The Hall–Kier alpha value is -3.35. The molecule has 0 radical (unpaired) electrons. The number of benzene rings is 2. The summed E-state index contributed by atoms with van der Waals surface area (Å²) < 4.78 is 5.56. The minimum Gasteiger partial charge on any atom is -0.444 e. The van der Waals surface area contributed by atoms with Gasteiger partial charge in [0.15, 0.2) is 0 Å². The Morgan fingerprint density at radius 2 is 1.49 bits per heavy atom. The third kappa shape index (κ3) is 13.7. The number of alkyl carbamates (subject to hydrolysis) is 1. The molecule has 0 aliphatic rings. The molecular weight excluding hydrogens is 538 g/mol. The first-order valence-electron chi connectivity index (χ1n) is 16.2. The van der Waals surface area contributed by atoms with Crippen LogP contribution in [-0.4, -0.2) is 47.5 Å². The normalized spacial score (nSPS) is 12.7. The van der Waals surface area contributed by atoms with Gasteiger partial charge in [-0.05, 0) is 51.7 Å². The molecule has 2 unspecified atom stereocenters.